The summed E-state index contributed by atoms with van der Waals surface area (Å²) in [5.74, 6) is 0. The zero-order chi connectivity index (χ0) is 14.4. The standard InChI is InChI=1S/C12H16Br3O2PS/c1-2-3-9-16-18(19,17-10-12(13,14)15)11-7-5-4-6-8-11/h4-8H,2-3,9-10H2,1H3. The fourth-order valence-corrected chi connectivity index (χ4v) is 4.55. The second-order valence-electron chi connectivity index (χ2n) is 3.91. The van der Waals surface area contributed by atoms with Gasteiger partial charge in [-0.1, -0.05) is 79.3 Å². The monoisotopic (exact) mass is 492 g/mol. The number of rotatable bonds is 7. The fraction of sp³-hybridized carbons (Fsp3) is 0.500. The molecule has 0 aliphatic rings. The molecule has 1 aromatic carbocycles. The molecular formula is C12H16Br3O2PS. The predicted molar refractivity (Wildman–Crippen MR) is 96.7 cm³/mol. The second kappa shape index (κ2) is 8.62. The minimum Gasteiger partial charge on any atom is -0.326 e. The van der Waals surface area contributed by atoms with Gasteiger partial charge in [0, 0.05) is 5.30 Å². The van der Waals surface area contributed by atoms with Gasteiger partial charge in [-0.15, -0.1) is 0 Å². The van der Waals surface area contributed by atoms with Gasteiger partial charge in [0.1, 0.15) is 0 Å². The Morgan fingerprint density at radius 2 is 1.79 bits per heavy atom. The lowest BCUT2D eigenvalue weighted by Crippen LogP contribution is -2.16. The van der Waals surface area contributed by atoms with E-state index in [0.29, 0.717) is 13.2 Å². The zero-order valence-electron chi connectivity index (χ0n) is 10.5. The van der Waals surface area contributed by atoms with Crippen LogP contribution in [0.25, 0.3) is 0 Å². The van der Waals surface area contributed by atoms with Crippen LogP contribution in [0.2, 0.25) is 0 Å². The Kier molecular flexibility index (Phi) is 8.29. The van der Waals surface area contributed by atoms with E-state index in [-0.39, 0.29) is 0 Å². The normalized spacial score (nSPS) is 15.2. The van der Waals surface area contributed by atoms with E-state index in [2.05, 4.69) is 54.7 Å². The summed E-state index contributed by atoms with van der Waals surface area (Å²) in [6, 6.07) is 9.79. The number of benzene rings is 1. The molecule has 0 spiro atoms. The maximum Gasteiger partial charge on any atom is 0.219 e. The molecule has 108 valence electrons. The smallest absolute Gasteiger partial charge is 0.219 e. The lowest BCUT2D eigenvalue weighted by atomic mass is 10.4. The van der Waals surface area contributed by atoms with Gasteiger partial charge in [0.15, 0.2) is 2.14 Å². The summed E-state index contributed by atoms with van der Waals surface area (Å²) in [6.07, 6.45) is 2.06. The van der Waals surface area contributed by atoms with E-state index >= 15 is 0 Å². The molecule has 0 aromatic heterocycles. The van der Waals surface area contributed by atoms with Crippen LogP contribution in [0.3, 0.4) is 0 Å². The molecule has 0 saturated carbocycles. The Bertz CT molecular complexity index is 423. The fourth-order valence-electron chi connectivity index (χ4n) is 1.28. The van der Waals surface area contributed by atoms with E-state index < -0.39 is 8.63 Å². The lowest BCUT2D eigenvalue weighted by Gasteiger charge is -2.25. The van der Waals surface area contributed by atoms with Crippen LogP contribution >= 0.6 is 54.3 Å². The molecular weight excluding hydrogens is 479 g/mol. The maximum atomic E-state index is 5.89. The molecule has 0 aliphatic carbocycles. The molecule has 0 fully saturated rings. The zero-order valence-corrected chi connectivity index (χ0v) is 17.0. The van der Waals surface area contributed by atoms with Gasteiger partial charge < -0.3 is 9.05 Å². The van der Waals surface area contributed by atoms with Gasteiger partial charge in [-0.2, -0.15) is 0 Å². The highest BCUT2D eigenvalue weighted by Crippen LogP contribution is 2.50. The van der Waals surface area contributed by atoms with Crippen LogP contribution < -0.4 is 5.30 Å². The average molecular weight is 495 g/mol. The van der Waals surface area contributed by atoms with Crippen molar-refractivity contribution in [3.8, 4) is 0 Å². The molecule has 7 heteroatoms. The molecule has 0 amide bonds. The maximum absolute atomic E-state index is 5.89. The molecule has 0 bridgehead atoms. The molecule has 1 atom stereocenters. The van der Waals surface area contributed by atoms with Gasteiger partial charge in [-0.25, -0.2) is 0 Å². The Morgan fingerprint density at radius 3 is 2.32 bits per heavy atom. The topological polar surface area (TPSA) is 18.5 Å². The van der Waals surface area contributed by atoms with Crippen molar-refractivity contribution in [1.29, 1.82) is 0 Å². The number of hydrogen-bond donors (Lipinski definition) is 0. The molecule has 0 heterocycles. The Morgan fingerprint density at radius 1 is 1.16 bits per heavy atom. The highest BCUT2D eigenvalue weighted by atomic mass is 80.0. The van der Waals surface area contributed by atoms with Crippen LogP contribution in [-0.4, -0.2) is 15.4 Å². The Labute approximate surface area is 145 Å². The van der Waals surface area contributed by atoms with Gasteiger partial charge >= 0.3 is 0 Å². The van der Waals surface area contributed by atoms with Crippen molar-refractivity contribution in [2.75, 3.05) is 13.2 Å². The van der Waals surface area contributed by atoms with E-state index in [1.54, 1.807) is 0 Å². The minimum absolute atomic E-state index is 0.366. The predicted octanol–water partition coefficient (Wildman–Crippen LogP) is 5.29. The number of hydrogen-bond acceptors (Lipinski definition) is 3. The third-order valence-corrected chi connectivity index (χ3v) is 6.10. The van der Waals surface area contributed by atoms with Crippen LogP contribution in [0.5, 0.6) is 0 Å². The highest BCUT2D eigenvalue weighted by molar-refractivity contribution is 9.39. The lowest BCUT2D eigenvalue weighted by molar-refractivity contribution is 0.258. The van der Waals surface area contributed by atoms with Gasteiger partial charge in [-0.05, 0) is 30.4 Å². The quantitative estimate of drug-likeness (QED) is 0.291. The first-order chi connectivity index (χ1) is 8.87. The molecule has 1 rings (SSSR count). The molecule has 0 aliphatic heterocycles. The summed E-state index contributed by atoms with van der Waals surface area (Å²) in [5, 5.41) is 0.942. The van der Waals surface area contributed by atoms with E-state index in [1.165, 1.54) is 0 Å². The summed E-state index contributed by atoms with van der Waals surface area (Å²) in [6.45, 7) is 0.661. The van der Waals surface area contributed by atoms with Crippen molar-refractivity contribution in [3.63, 3.8) is 0 Å². The molecule has 1 unspecified atom stereocenters. The van der Waals surface area contributed by atoms with E-state index in [9.17, 15) is 0 Å². The number of alkyl halides is 3. The van der Waals surface area contributed by atoms with Gasteiger partial charge in [0.25, 0.3) is 0 Å². The van der Waals surface area contributed by atoms with Crippen LogP contribution in [0.15, 0.2) is 30.3 Å². The van der Waals surface area contributed by atoms with Gasteiger partial charge in [0.2, 0.25) is 6.49 Å². The van der Waals surface area contributed by atoms with Crippen molar-refractivity contribution in [2.45, 2.75) is 21.9 Å². The third kappa shape index (κ3) is 7.16. The van der Waals surface area contributed by atoms with E-state index in [4.69, 9.17) is 20.9 Å². The van der Waals surface area contributed by atoms with Crippen LogP contribution in [0.4, 0.5) is 0 Å². The van der Waals surface area contributed by atoms with E-state index in [0.717, 1.165) is 18.1 Å². The molecule has 0 N–H and O–H groups in total. The summed E-state index contributed by atoms with van der Waals surface area (Å²) < 4.78 is 11.3. The molecule has 0 radical (unpaired) electrons. The summed E-state index contributed by atoms with van der Waals surface area (Å²) >= 11 is 15.9. The Balaban J connectivity index is 2.81. The SMILES string of the molecule is CCCCOP(=S)(OCC(Br)(Br)Br)c1ccccc1. The first-order valence-corrected chi connectivity index (χ1v) is 10.9. The molecule has 0 saturated heterocycles. The van der Waals surface area contributed by atoms with Gasteiger partial charge in [-0.3, -0.25) is 0 Å². The van der Waals surface area contributed by atoms with Crippen molar-refractivity contribution >= 4 is 71.4 Å². The summed E-state index contributed by atoms with van der Waals surface area (Å²) in [4.78, 5) is 0. The van der Waals surface area contributed by atoms with Crippen LogP contribution in [0, 0.1) is 0 Å². The molecule has 1 aromatic rings. The Hall–Kier alpha value is 1.23. The molecule has 2 nitrogen and oxygen atoms in total. The minimum atomic E-state index is -2.45. The summed E-state index contributed by atoms with van der Waals surface area (Å²) in [7, 11) is 0. The van der Waals surface area contributed by atoms with Crippen molar-refractivity contribution in [1.82, 2.24) is 0 Å². The number of halogens is 3. The summed E-state index contributed by atoms with van der Waals surface area (Å²) in [5.41, 5.74) is 0. The van der Waals surface area contributed by atoms with Gasteiger partial charge in [0.05, 0.1) is 13.2 Å². The third-order valence-electron chi connectivity index (χ3n) is 2.23. The van der Waals surface area contributed by atoms with Crippen molar-refractivity contribution in [2.24, 2.45) is 0 Å². The van der Waals surface area contributed by atoms with Crippen molar-refractivity contribution in [3.05, 3.63) is 30.3 Å². The second-order valence-corrected chi connectivity index (χ2v) is 14.6. The number of unbranched alkanes of at least 4 members (excludes halogenated alkanes) is 1. The first kappa shape index (κ1) is 18.3. The molecule has 19 heavy (non-hydrogen) atoms. The van der Waals surface area contributed by atoms with E-state index in [1.807, 2.05) is 30.3 Å². The highest BCUT2D eigenvalue weighted by Gasteiger charge is 2.27. The van der Waals surface area contributed by atoms with Crippen LogP contribution in [0.1, 0.15) is 19.8 Å². The first-order valence-electron chi connectivity index (χ1n) is 5.89. The average Bonchev–Trinajstić information content (AvgIpc) is 2.37. The van der Waals surface area contributed by atoms with Crippen molar-refractivity contribution < 1.29 is 9.05 Å². The van der Waals surface area contributed by atoms with Crippen LogP contribution in [-0.2, 0) is 20.9 Å². The largest absolute Gasteiger partial charge is 0.326 e.